The Morgan fingerprint density at radius 2 is 1.91 bits per heavy atom. The molecule has 0 aliphatic carbocycles. The zero-order chi connectivity index (χ0) is 16.8. The summed E-state index contributed by atoms with van der Waals surface area (Å²) in [6.07, 6.45) is 0.0290. The topological polar surface area (TPSA) is 78.7 Å². The average molecular weight is 336 g/mol. The normalized spacial score (nSPS) is 10.2. The van der Waals surface area contributed by atoms with Gasteiger partial charge >= 0.3 is 5.97 Å². The van der Waals surface area contributed by atoms with Crippen LogP contribution in [0.15, 0.2) is 42.5 Å². The molecule has 2 aromatic rings. The number of carbonyl (C=O) groups is 1. The van der Waals surface area contributed by atoms with Gasteiger partial charge in [-0.1, -0.05) is 17.7 Å². The van der Waals surface area contributed by atoms with Gasteiger partial charge < -0.3 is 9.47 Å². The van der Waals surface area contributed by atoms with Crippen LogP contribution in [0.2, 0.25) is 5.02 Å². The highest BCUT2D eigenvalue weighted by Gasteiger charge is 2.10. The Hall–Kier alpha value is -2.60. The van der Waals surface area contributed by atoms with E-state index in [1.165, 1.54) is 24.3 Å². The smallest absolute Gasteiger partial charge is 0.314 e. The molecule has 0 amide bonds. The number of rotatable bonds is 6. The van der Waals surface area contributed by atoms with Crippen LogP contribution in [0.1, 0.15) is 12.0 Å². The largest absolute Gasteiger partial charge is 0.493 e. The van der Waals surface area contributed by atoms with Gasteiger partial charge in [0, 0.05) is 12.1 Å². The number of aryl methyl sites for hydroxylation is 1. The lowest BCUT2D eigenvalue weighted by Gasteiger charge is -2.08. The van der Waals surface area contributed by atoms with Gasteiger partial charge in [-0.3, -0.25) is 14.9 Å². The number of hydrogen-bond donors (Lipinski definition) is 0. The van der Waals surface area contributed by atoms with E-state index >= 15 is 0 Å². The quantitative estimate of drug-likeness (QED) is 0.346. The number of esters is 1. The molecule has 0 unspecified atom stereocenters. The first-order valence-electron chi connectivity index (χ1n) is 6.80. The van der Waals surface area contributed by atoms with Gasteiger partial charge in [-0.15, -0.1) is 0 Å². The van der Waals surface area contributed by atoms with Crippen molar-refractivity contribution >= 4 is 23.3 Å². The Morgan fingerprint density at radius 1 is 1.22 bits per heavy atom. The standard InChI is InChI=1S/C16H14ClNO5/c1-11-2-7-14(17)15(10-11)23-16(19)8-9-22-13-5-3-12(4-6-13)18(20)21/h2-7,10H,8-9H2,1H3. The van der Waals surface area contributed by atoms with Gasteiger partial charge in [-0.2, -0.15) is 0 Å². The molecule has 0 bridgehead atoms. The molecule has 0 aromatic heterocycles. The van der Waals surface area contributed by atoms with Crippen molar-refractivity contribution in [1.29, 1.82) is 0 Å². The Kier molecular flexibility index (Phi) is 5.54. The molecule has 7 heteroatoms. The Balaban J connectivity index is 1.82. The van der Waals surface area contributed by atoms with Crippen LogP contribution in [0.3, 0.4) is 0 Å². The van der Waals surface area contributed by atoms with Crippen molar-refractivity contribution in [2.24, 2.45) is 0 Å². The second-order valence-corrected chi connectivity index (χ2v) is 5.16. The molecule has 0 atom stereocenters. The molecular weight excluding hydrogens is 322 g/mol. The van der Waals surface area contributed by atoms with Crippen LogP contribution in [0.4, 0.5) is 5.69 Å². The van der Waals surface area contributed by atoms with Gasteiger partial charge in [0.05, 0.1) is 23.0 Å². The fourth-order valence-electron chi connectivity index (χ4n) is 1.78. The van der Waals surface area contributed by atoms with Crippen LogP contribution in [0, 0.1) is 17.0 Å². The number of carbonyl (C=O) groups excluding carboxylic acids is 1. The van der Waals surface area contributed by atoms with Crippen molar-refractivity contribution in [2.45, 2.75) is 13.3 Å². The lowest BCUT2D eigenvalue weighted by molar-refractivity contribution is -0.384. The van der Waals surface area contributed by atoms with E-state index in [2.05, 4.69) is 0 Å². The van der Waals surface area contributed by atoms with Crippen LogP contribution >= 0.6 is 11.6 Å². The monoisotopic (exact) mass is 335 g/mol. The summed E-state index contributed by atoms with van der Waals surface area (Å²) in [4.78, 5) is 21.8. The van der Waals surface area contributed by atoms with Gasteiger partial charge in [0.2, 0.25) is 0 Å². The molecule has 0 saturated heterocycles. The molecule has 0 fully saturated rings. The minimum Gasteiger partial charge on any atom is -0.493 e. The summed E-state index contributed by atoms with van der Waals surface area (Å²) in [5.74, 6) is 0.281. The van der Waals surface area contributed by atoms with E-state index < -0.39 is 10.9 Å². The zero-order valence-electron chi connectivity index (χ0n) is 12.3. The van der Waals surface area contributed by atoms with Crippen LogP contribution < -0.4 is 9.47 Å². The summed E-state index contributed by atoms with van der Waals surface area (Å²) in [7, 11) is 0. The highest BCUT2D eigenvalue weighted by atomic mass is 35.5. The summed E-state index contributed by atoms with van der Waals surface area (Å²) in [6, 6.07) is 10.8. The van der Waals surface area contributed by atoms with E-state index in [4.69, 9.17) is 21.1 Å². The number of nitro benzene ring substituents is 1. The van der Waals surface area contributed by atoms with E-state index in [9.17, 15) is 14.9 Å². The molecule has 0 radical (unpaired) electrons. The predicted octanol–water partition coefficient (Wildman–Crippen LogP) is 3.93. The molecule has 0 aliphatic rings. The SMILES string of the molecule is Cc1ccc(Cl)c(OC(=O)CCOc2ccc([N+](=O)[O-])cc2)c1. The maximum absolute atomic E-state index is 11.8. The summed E-state index contributed by atoms with van der Waals surface area (Å²) < 4.78 is 10.5. The second kappa shape index (κ2) is 7.60. The predicted molar refractivity (Wildman–Crippen MR) is 85.0 cm³/mol. The highest BCUT2D eigenvalue weighted by Crippen LogP contribution is 2.25. The van der Waals surface area contributed by atoms with Crippen molar-refractivity contribution in [3.8, 4) is 11.5 Å². The molecule has 2 aromatic carbocycles. The molecular formula is C16H14ClNO5. The molecule has 0 spiro atoms. The molecule has 120 valence electrons. The third-order valence-corrected chi connectivity index (χ3v) is 3.25. The van der Waals surface area contributed by atoms with E-state index in [0.717, 1.165) is 5.56 Å². The lowest BCUT2D eigenvalue weighted by atomic mass is 10.2. The van der Waals surface area contributed by atoms with Crippen molar-refractivity contribution in [1.82, 2.24) is 0 Å². The number of benzene rings is 2. The first kappa shape index (κ1) is 16.8. The fraction of sp³-hybridized carbons (Fsp3) is 0.188. The van der Waals surface area contributed by atoms with Crippen LogP contribution in [0.5, 0.6) is 11.5 Å². The first-order chi connectivity index (χ1) is 11.0. The van der Waals surface area contributed by atoms with Crippen LogP contribution in [-0.4, -0.2) is 17.5 Å². The molecule has 0 saturated carbocycles. The number of ether oxygens (including phenoxy) is 2. The molecule has 0 heterocycles. The zero-order valence-corrected chi connectivity index (χ0v) is 13.1. The van der Waals surface area contributed by atoms with Crippen molar-refractivity contribution in [2.75, 3.05) is 6.61 Å². The van der Waals surface area contributed by atoms with E-state index in [0.29, 0.717) is 16.5 Å². The molecule has 23 heavy (non-hydrogen) atoms. The van der Waals surface area contributed by atoms with Gasteiger partial charge in [0.1, 0.15) is 11.5 Å². The number of halogens is 1. The molecule has 0 aliphatic heterocycles. The van der Waals surface area contributed by atoms with Crippen LogP contribution in [-0.2, 0) is 4.79 Å². The van der Waals surface area contributed by atoms with Gasteiger partial charge in [0.15, 0.2) is 0 Å². The number of hydrogen-bond acceptors (Lipinski definition) is 5. The summed E-state index contributed by atoms with van der Waals surface area (Å²) in [6.45, 7) is 1.96. The van der Waals surface area contributed by atoms with Gasteiger partial charge in [-0.05, 0) is 36.8 Å². The van der Waals surface area contributed by atoms with Crippen molar-refractivity contribution < 1.29 is 19.2 Å². The van der Waals surface area contributed by atoms with Gasteiger partial charge in [-0.25, -0.2) is 0 Å². The molecule has 2 rings (SSSR count). The second-order valence-electron chi connectivity index (χ2n) is 4.76. The summed E-state index contributed by atoms with van der Waals surface area (Å²) in [5, 5.41) is 10.9. The Bertz CT molecular complexity index is 715. The number of nitro groups is 1. The third kappa shape index (κ3) is 4.96. The number of nitrogens with zero attached hydrogens (tertiary/aromatic N) is 1. The third-order valence-electron chi connectivity index (χ3n) is 2.93. The van der Waals surface area contributed by atoms with Crippen molar-refractivity contribution in [3.05, 3.63) is 63.2 Å². The summed E-state index contributed by atoms with van der Waals surface area (Å²) >= 11 is 5.95. The minimum atomic E-state index is -0.493. The fourth-order valence-corrected chi connectivity index (χ4v) is 1.93. The Morgan fingerprint density at radius 3 is 2.57 bits per heavy atom. The number of non-ortho nitro benzene ring substituents is 1. The Labute approximate surface area is 137 Å². The average Bonchev–Trinajstić information content (AvgIpc) is 2.51. The maximum Gasteiger partial charge on any atom is 0.314 e. The highest BCUT2D eigenvalue weighted by molar-refractivity contribution is 6.32. The van der Waals surface area contributed by atoms with E-state index in [1.54, 1.807) is 12.1 Å². The van der Waals surface area contributed by atoms with Crippen LogP contribution in [0.25, 0.3) is 0 Å². The minimum absolute atomic E-state index is 0.0224. The maximum atomic E-state index is 11.8. The molecule has 0 N–H and O–H groups in total. The van der Waals surface area contributed by atoms with E-state index in [1.807, 2.05) is 13.0 Å². The van der Waals surface area contributed by atoms with E-state index in [-0.39, 0.29) is 18.7 Å². The van der Waals surface area contributed by atoms with Crippen molar-refractivity contribution in [3.63, 3.8) is 0 Å². The first-order valence-corrected chi connectivity index (χ1v) is 7.17. The summed E-state index contributed by atoms with van der Waals surface area (Å²) in [5.41, 5.74) is 0.908. The molecule has 6 nitrogen and oxygen atoms in total. The lowest BCUT2D eigenvalue weighted by Crippen LogP contribution is -2.12. The van der Waals surface area contributed by atoms with Gasteiger partial charge in [0.25, 0.3) is 5.69 Å².